The molecule has 1 amide bonds. The predicted octanol–water partition coefficient (Wildman–Crippen LogP) is 6.33. The van der Waals surface area contributed by atoms with E-state index in [-0.39, 0.29) is 12.5 Å². The Hall–Kier alpha value is -3.37. The molecule has 1 aliphatic carbocycles. The topological polar surface area (TPSA) is 92.9 Å². The second-order valence-corrected chi connectivity index (χ2v) is 9.59. The fourth-order valence-corrected chi connectivity index (χ4v) is 4.63. The molecule has 37 heavy (non-hydrogen) atoms. The maximum absolute atomic E-state index is 12.2. The summed E-state index contributed by atoms with van der Waals surface area (Å²) in [6.45, 7) is 7.68. The molecule has 198 valence electrons. The normalized spacial score (nSPS) is 19.6. The first-order valence-electron chi connectivity index (χ1n) is 13.4. The predicted molar refractivity (Wildman–Crippen MR) is 146 cm³/mol. The van der Waals surface area contributed by atoms with Crippen LogP contribution in [0.5, 0.6) is 5.75 Å². The molecule has 0 aromatic heterocycles. The van der Waals surface area contributed by atoms with Gasteiger partial charge in [-0.1, -0.05) is 50.9 Å². The van der Waals surface area contributed by atoms with Crippen LogP contribution in [0.2, 0.25) is 0 Å². The van der Waals surface area contributed by atoms with Crippen LogP contribution >= 0.6 is 0 Å². The van der Waals surface area contributed by atoms with Crippen LogP contribution in [0.3, 0.4) is 0 Å². The number of benzene rings is 2. The number of amides is 1. The van der Waals surface area contributed by atoms with Gasteiger partial charge in [0.1, 0.15) is 18.4 Å². The number of oxime groups is 1. The van der Waals surface area contributed by atoms with Crippen molar-refractivity contribution >= 4 is 17.3 Å². The maximum Gasteiger partial charge on any atom is 0.262 e. The molecular weight excluding hydrogens is 466 g/mol. The van der Waals surface area contributed by atoms with Gasteiger partial charge in [-0.25, -0.2) is 0 Å². The van der Waals surface area contributed by atoms with Crippen LogP contribution in [0.1, 0.15) is 70.4 Å². The molecule has 0 radical (unpaired) electrons. The van der Waals surface area contributed by atoms with Gasteiger partial charge in [0.25, 0.3) is 5.91 Å². The van der Waals surface area contributed by atoms with Gasteiger partial charge in [0, 0.05) is 6.42 Å². The zero-order valence-electron chi connectivity index (χ0n) is 22.2. The molecule has 7 heteroatoms. The zero-order valence-corrected chi connectivity index (χ0v) is 22.2. The van der Waals surface area contributed by atoms with Crippen molar-refractivity contribution in [3.63, 3.8) is 0 Å². The number of nitriles is 1. The van der Waals surface area contributed by atoms with Crippen molar-refractivity contribution in [2.45, 2.75) is 65.4 Å². The number of nitrogens with zero attached hydrogens (tertiary/aromatic N) is 2. The summed E-state index contributed by atoms with van der Waals surface area (Å²) >= 11 is 0. The Morgan fingerprint density at radius 2 is 1.89 bits per heavy atom. The standard InChI is InChI=1S/C30H39N3O4/c1-4-23-12-11-22(3)19-29(23)35-17-8-18-37-33-27(5-2)24-13-15-26(16-14-24)36-21-30(34)32-28-10-7-6-9-25(28)20-31/h6-7,9-10,13-16,22-23,29H,4-5,8,11-12,17-19,21H2,1-3H3,(H,32,34)/b33-27-. The Morgan fingerprint density at radius 3 is 2.62 bits per heavy atom. The van der Waals surface area contributed by atoms with Crippen LogP contribution in [0.25, 0.3) is 0 Å². The molecule has 2 aromatic carbocycles. The first-order valence-corrected chi connectivity index (χ1v) is 13.4. The van der Waals surface area contributed by atoms with E-state index in [0.29, 0.717) is 42.2 Å². The SMILES string of the molecule is CC/C(=N/OCCCOC1CC(C)CCC1CC)c1ccc(OCC(=O)Nc2ccccc2C#N)cc1. The van der Waals surface area contributed by atoms with Crippen LogP contribution in [0, 0.1) is 23.2 Å². The lowest BCUT2D eigenvalue weighted by molar-refractivity contribution is -0.118. The highest BCUT2D eigenvalue weighted by Gasteiger charge is 2.27. The molecule has 1 aliphatic rings. The number of carbonyl (C=O) groups is 1. The van der Waals surface area contributed by atoms with Crippen molar-refractivity contribution < 1.29 is 19.1 Å². The summed E-state index contributed by atoms with van der Waals surface area (Å²) in [5, 5.41) is 16.2. The summed E-state index contributed by atoms with van der Waals surface area (Å²) in [6.07, 6.45) is 6.87. The fraction of sp³-hybridized carbons (Fsp3) is 0.500. The van der Waals surface area contributed by atoms with E-state index in [1.54, 1.807) is 36.4 Å². The van der Waals surface area contributed by atoms with E-state index in [9.17, 15) is 4.79 Å². The summed E-state index contributed by atoms with van der Waals surface area (Å²) in [5.41, 5.74) is 2.68. The Morgan fingerprint density at radius 1 is 1.11 bits per heavy atom. The summed E-state index contributed by atoms with van der Waals surface area (Å²) < 4.78 is 11.8. The second-order valence-electron chi connectivity index (χ2n) is 9.59. The summed E-state index contributed by atoms with van der Waals surface area (Å²) in [4.78, 5) is 17.8. The van der Waals surface area contributed by atoms with E-state index in [1.165, 1.54) is 19.3 Å². The van der Waals surface area contributed by atoms with Gasteiger partial charge < -0.3 is 19.6 Å². The Balaban J connectivity index is 1.40. The number of anilines is 1. The molecule has 0 heterocycles. The molecule has 3 atom stereocenters. The average Bonchev–Trinajstić information content (AvgIpc) is 2.92. The summed E-state index contributed by atoms with van der Waals surface area (Å²) in [5.74, 6) is 1.68. The quantitative estimate of drug-likeness (QED) is 0.195. The van der Waals surface area contributed by atoms with E-state index in [2.05, 4.69) is 30.4 Å². The monoisotopic (exact) mass is 505 g/mol. The molecule has 7 nitrogen and oxygen atoms in total. The van der Waals surface area contributed by atoms with E-state index in [4.69, 9.17) is 19.6 Å². The number of ether oxygens (including phenoxy) is 2. The lowest BCUT2D eigenvalue weighted by atomic mass is 9.79. The molecule has 1 saturated carbocycles. The summed E-state index contributed by atoms with van der Waals surface area (Å²) in [7, 11) is 0. The maximum atomic E-state index is 12.2. The van der Waals surface area contributed by atoms with Crippen molar-refractivity contribution in [2.75, 3.05) is 25.1 Å². The average molecular weight is 506 g/mol. The van der Waals surface area contributed by atoms with Crippen molar-refractivity contribution in [1.29, 1.82) is 5.26 Å². The highest BCUT2D eigenvalue weighted by Crippen LogP contribution is 2.32. The van der Waals surface area contributed by atoms with Crippen LogP contribution < -0.4 is 10.1 Å². The van der Waals surface area contributed by atoms with E-state index in [1.807, 2.05) is 19.1 Å². The Kier molecular flexibility index (Phi) is 11.4. The Labute approximate surface area is 220 Å². The fourth-order valence-electron chi connectivity index (χ4n) is 4.63. The van der Waals surface area contributed by atoms with Crippen LogP contribution in [-0.4, -0.2) is 37.5 Å². The first-order chi connectivity index (χ1) is 18.0. The molecule has 1 fully saturated rings. The molecule has 0 saturated heterocycles. The van der Waals surface area contributed by atoms with Crippen LogP contribution in [0.4, 0.5) is 5.69 Å². The van der Waals surface area contributed by atoms with E-state index in [0.717, 1.165) is 36.5 Å². The minimum atomic E-state index is -0.330. The van der Waals surface area contributed by atoms with E-state index < -0.39 is 0 Å². The molecule has 3 rings (SSSR count). The minimum absolute atomic E-state index is 0.155. The third kappa shape index (κ3) is 8.91. The first kappa shape index (κ1) is 28.2. The lowest BCUT2D eigenvalue weighted by Crippen LogP contribution is -2.31. The molecule has 1 N–H and O–H groups in total. The van der Waals surface area contributed by atoms with E-state index >= 15 is 0 Å². The number of rotatable bonds is 13. The third-order valence-electron chi connectivity index (χ3n) is 6.82. The molecule has 0 aliphatic heterocycles. The molecular formula is C30H39N3O4. The van der Waals surface area contributed by atoms with Gasteiger partial charge in [-0.2, -0.15) is 5.26 Å². The molecule has 0 spiro atoms. The third-order valence-corrected chi connectivity index (χ3v) is 6.82. The number of hydrogen-bond donors (Lipinski definition) is 1. The van der Waals surface area contributed by atoms with Crippen LogP contribution in [0.15, 0.2) is 53.7 Å². The number of carbonyl (C=O) groups excluding carboxylic acids is 1. The van der Waals surface area contributed by atoms with Crippen LogP contribution in [-0.2, 0) is 14.4 Å². The van der Waals surface area contributed by atoms with Crippen molar-refractivity contribution in [1.82, 2.24) is 0 Å². The van der Waals surface area contributed by atoms with Gasteiger partial charge in [-0.05, 0) is 73.1 Å². The molecule has 2 aromatic rings. The lowest BCUT2D eigenvalue weighted by Gasteiger charge is -2.34. The van der Waals surface area contributed by atoms with Crippen molar-refractivity contribution in [2.24, 2.45) is 17.0 Å². The largest absolute Gasteiger partial charge is 0.484 e. The number of nitrogens with one attached hydrogen (secondary N) is 1. The highest BCUT2D eigenvalue weighted by atomic mass is 16.6. The second kappa shape index (κ2) is 15.0. The van der Waals surface area contributed by atoms with Gasteiger partial charge in [0.15, 0.2) is 6.61 Å². The highest BCUT2D eigenvalue weighted by molar-refractivity contribution is 6.00. The van der Waals surface area contributed by atoms with Gasteiger partial charge in [-0.15, -0.1) is 0 Å². The van der Waals surface area contributed by atoms with Gasteiger partial charge in [-0.3, -0.25) is 4.79 Å². The van der Waals surface area contributed by atoms with Gasteiger partial charge in [0.2, 0.25) is 0 Å². The van der Waals surface area contributed by atoms with Crippen molar-refractivity contribution in [3.05, 3.63) is 59.7 Å². The smallest absolute Gasteiger partial charge is 0.262 e. The van der Waals surface area contributed by atoms with Gasteiger partial charge in [0.05, 0.1) is 29.7 Å². The Bertz CT molecular complexity index is 1060. The minimum Gasteiger partial charge on any atom is -0.484 e. The number of hydrogen-bond acceptors (Lipinski definition) is 6. The molecule has 0 bridgehead atoms. The summed E-state index contributed by atoms with van der Waals surface area (Å²) in [6, 6.07) is 16.3. The molecule has 3 unspecified atom stereocenters. The zero-order chi connectivity index (χ0) is 26.5. The van der Waals surface area contributed by atoms with Gasteiger partial charge >= 0.3 is 0 Å². The van der Waals surface area contributed by atoms with Crippen molar-refractivity contribution in [3.8, 4) is 11.8 Å². The number of para-hydroxylation sites is 1.